The molecule has 0 aliphatic carbocycles. The predicted octanol–water partition coefficient (Wildman–Crippen LogP) is 1.60. The summed E-state index contributed by atoms with van der Waals surface area (Å²) in [4.78, 5) is 14.2. The first-order chi connectivity index (χ1) is 11.1. The molecule has 23 heavy (non-hydrogen) atoms. The van der Waals surface area contributed by atoms with Crippen LogP contribution in [0.4, 0.5) is 0 Å². The molecule has 128 valence electrons. The number of aliphatic hydroxyl groups excluding tert-OH is 1. The van der Waals surface area contributed by atoms with Crippen molar-refractivity contribution in [1.29, 1.82) is 0 Å². The minimum atomic E-state index is -0.0114. The van der Waals surface area contributed by atoms with Gasteiger partial charge in [-0.05, 0) is 62.9 Å². The standard InChI is InChI=1S/C18H28N2O3/c1-14-6-7-15(11-17(14)22)12-18(23)19-8-2-3-9-20-10-4-5-16(20)13-21/h6-7,11,16,21-22H,2-5,8-10,12-13H2,1H3,(H,19,23). The summed E-state index contributed by atoms with van der Waals surface area (Å²) >= 11 is 0. The number of hydrogen-bond donors (Lipinski definition) is 3. The van der Waals surface area contributed by atoms with Crippen molar-refractivity contribution in [3.63, 3.8) is 0 Å². The largest absolute Gasteiger partial charge is 0.508 e. The van der Waals surface area contributed by atoms with E-state index in [0.717, 1.165) is 43.5 Å². The number of amides is 1. The maximum Gasteiger partial charge on any atom is 0.224 e. The fourth-order valence-electron chi connectivity index (χ4n) is 3.08. The maximum atomic E-state index is 11.9. The Morgan fingerprint density at radius 2 is 2.22 bits per heavy atom. The zero-order valence-electron chi connectivity index (χ0n) is 13.9. The predicted molar refractivity (Wildman–Crippen MR) is 90.5 cm³/mol. The Hall–Kier alpha value is -1.59. The number of rotatable bonds is 8. The number of nitrogens with zero attached hydrogens (tertiary/aromatic N) is 1. The van der Waals surface area contributed by atoms with Gasteiger partial charge in [-0.2, -0.15) is 0 Å². The van der Waals surface area contributed by atoms with E-state index in [1.54, 1.807) is 6.07 Å². The van der Waals surface area contributed by atoms with Crippen LogP contribution in [0.3, 0.4) is 0 Å². The van der Waals surface area contributed by atoms with Crippen LogP contribution in [-0.4, -0.2) is 53.3 Å². The monoisotopic (exact) mass is 320 g/mol. The van der Waals surface area contributed by atoms with E-state index < -0.39 is 0 Å². The van der Waals surface area contributed by atoms with Gasteiger partial charge in [-0.25, -0.2) is 0 Å². The normalized spacial score (nSPS) is 18.3. The van der Waals surface area contributed by atoms with Crippen LogP contribution in [0.5, 0.6) is 5.75 Å². The summed E-state index contributed by atoms with van der Waals surface area (Å²) in [5.74, 6) is 0.224. The second-order valence-electron chi connectivity index (χ2n) is 6.37. The number of carbonyl (C=O) groups is 1. The Morgan fingerprint density at radius 3 is 2.96 bits per heavy atom. The van der Waals surface area contributed by atoms with Crippen LogP contribution in [0, 0.1) is 6.92 Å². The first-order valence-corrected chi connectivity index (χ1v) is 8.50. The molecule has 0 aromatic heterocycles. The van der Waals surface area contributed by atoms with Crippen LogP contribution in [0.15, 0.2) is 18.2 Å². The molecule has 1 aromatic rings. The molecule has 1 amide bonds. The summed E-state index contributed by atoms with van der Waals surface area (Å²) in [6.45, 7) is 4.83. The van der Waals surface area contributed by atoms with E-state index in [2.05, 4.69) is 10.2 Å². The molecule has 0 saturated carbocycles. The lowest BCUT2D eigenvalue weighted by Gasteiger charge is -2.22. The van der Waals surface area contributed by atoms with Crippen molar-refractivity contribution < 1.29 is 15.0 Å². The van der Waals surface area contributed by atoms with Crippen molar-refractivity contribution in [2.24, 2.45) is 0 Å². The Labute approximate surface area is 138 Å². The van der Waals surface area contributed by atoms with E-state index in [4.69, 9.17) is 0 Å². The van der Waals surface area contributed by atoms with Gasteiger partial charge in [-0.1, -0.05) is 12.1 Å². The highest BCUT2D eigenvalue weighted by Gasteiger charge is 2.22. The van der Waals surface area contributed by atoms with Crippen molar-refractivity contribution in [1.82, 2.24) is 10.2 Å². The van der Waals surface area contributed by atoms with Gasteiger partial charge in [0.1, 0.15) is 5.75 Å². The van der Waals surface area contributed by atoms with Crippen LogP contribution in [0.2, 0.25) is 0 Å². The van der Waals surface area contributed by atoms with E-state index in [0.29, 0.717) is 19.0 Å². The number of aliphatic hydroxyl groups is 1. The third-order valence-electron chi connectivity index (χ3n) is 4.54. The Morgan fingerprint density at radius 1 is 1.39 bits per heavy atom. The number of unbranched alkanes of at least 4 members (excludes halogenated alkanes) is 1. The number of phenols is 1. The zero-order chi connectivity index (χ0) is 16.7. The molecular formula is C18H28N2O3. The highest BCUT2D eigenvalue weighted by Crippen LogP contribution is 2.18. The molecule has 1 aliphatic heterocycles. The molecule has 2 rings (SSSR count). The summed E-state index contributed by atoms with van der Waals surface area (Å²) in [6, 6.07) is 5.68. The van der Waals surface area contributed by atoms with Gasteiger partial charge in [0.25, 0.3) is 0 Å². The lowest BCUT2D eigenvalue weighted by Crippen LogP contribution is -2.33. The molecule has 3 N–H and O–H groups in total. The lowest BCUT2D eigenvalue weighted by molar-refractivity contribution is -0.120. The molecule has 0 bridgehead atoms. The summed E-state index contributed by atoms with van der Waals surface area (Å²) in [5.41, 5.74) is 1.64. The van der Waals surface area contributed by atoms with Gasteiger partial charge in [-0.15, -0.1) is 0 Å². The van der Waals surface area contributed by atoms with Crippen LogP contribution in [0.1, 0.15) is 36.8 Å². The molecule has 0 radical (unpaired) electrons. The average Bonchev–Trinajstić information content (AvgIpc) is 2.98. The van der Waals surface area contributed by atoms with Crippen LogP contribution >= 0.6 is 0 Å². The van der Waals surface area contributed by atoms with E-state index in [1.807, 2.05) is 19.1 Å². The fourth-order valence-corrected chi connectivity index (χ4v) is 3.08. The van der Waals surface area contributed by atoms with Crippen LogP contribution < -0.4 is 5.32 Å². The number of hydrogen-bond acceptors (Lipinski definition) is 4. The Kier molecular flexibility index (Phi) is 6.86. The number of aromatic hydroxyl groups is 1. The fraction of sp³-hybridized carbons (Fsp3) is 0.611. The van der Waals surface area contributed by atoms with Gasteiger partial charge >= 0.3 is 0 Å². The molecule has 1 unspecified atom stereocenters. The first kappa shape index (κ1) is 17.8. The van der Waals surface area contributed by atoms with Crippen molar-refractivity contribution in [3.8, 4) is 5.75 Å². The van der Waals surface area contributed by atoms with Gasteiger partial charge in [0, 0.05) is 12.6 Å². The third kappa shape index (κ3) is 5.52. The molecular weight excluding hydrogens is 292 g/mol. The van der Waals surface area contributed by atoms with E-state index in [-0.39, 0.29) is 18.3 Å². The minimum Gasteiger partial charge on any atom is -0.508 e. The van der Waals surface area contributed by atoms with E-state index >= 15 is 0 Å². The van der Waals surface area contributed by atoms with Gasteiger partial charge in [0.15, 0.2) is 0 Å². The molecule has 1 atom stereocenters. The zero-order valence-corrected chi connectivity index (χ0v) is 13.9. The summed E-state index contributed by atoms with van der Waals surface area (Å²) < 4.78 is 0. The molecule has 5 nitrogen and oxygen atoms in total. The quantitative estimate of drug-likeness (QED) is 0.636. The Balaban J connectivity index is 1.60. The van der Waals surface area contributed by atoms with Gasteiger partial charge in [0.05, 0.1) is 13.0 Å². The summed E-state index contributed by atoms with van der Waals surface area (Å²) in [5, 5.41) is 21.8. The Bertz CT molecular complexity index is 519. The SMILES string of the molecule is Cc1ccc(CC(=O)NCCCCN2CCCC2CO)cc1O. The smallest absolute Gasteiger partial charge is 0.224 e. The number of benzene rings is 1. The number of nitrogens with one attached hydrogen (secondary N) is 1. The number of likely N-dealkylation sites (tertiary alicyclic amines) is 1. The number of carbonyl (C=O) groups excluding carboxylic acids is 1. The second kappa shape index (κ2) is 8.89. The first-order valence-electron chi connectivity index (χ1n) is 8.50. The van der Waals surface area contributed by atoms with Crippen molar-refractivity contribution in [2.45, 2.75) is 45.1 Å². The van der Waals surface area contributed by atoms with E-state index in [1.165, 1.54) is 6.42 Å². The molecule has 1 aromatic carbocycles. The topological polar surface area (TPSA) is 72.8 Å². The number of aryl methyl sites for hydroxylation is 1. The lowest BCUT2D eigenvalue weighted by atomic mass is 10.1. The van der Waals surface area contributed by atoms with Gasteiger partial charge in [0.2, 0.25) is 5.91 Å². The van der Waals surface area contributed by atoms with Crippen molar-refractivity contribution in [2.75, 3.05) is 26.2 Å². The highest BCUT2D eigenvalue weighted by molar-refractivity contribution is 5.78. The molecule has 0 spiro atoms. The number of phenolic OH excluding ortho intramolecular Hbond substituents is 1. The van der Waals surface area contributed by atoms with E-state index in [9.17, 15) is 15.0 Å². The minimum absolute atomic E-state index is 0.0114. The summed E-state index contributed by atoms with van der Waals surface area (Å²) in [7, 11) is 0. The second-order valence-corrected chi connectivity index (χ2v) is 6.37. The third-order valence-corrected chi connectivity index (χ3v) is 4.54. The molecule has 1 saturated heterocycles. The maximum absolute atomic E-state index is 11.9. The van der Waals surface area contributed by atoms with Crippen molar-refractivity contribution >= 4 is 5.91 Å². The van der Waals surface area contributed by atoms with Crippen LogP contribution in [-0.2, 0) is 11.2 Å². The molecule has 1 fully saturated rings. The van der Waals surface area contributed by atoms with Gasteiger partial charge < -0.3 is 15.5 Å². The van der Waals surface area contributed by atoms with Gasteiger partial charge in [-0.3, -0.25) is 9.69 Å². The summed E-state index contributed by atoms with van der Waals surface area (Å²) in [6.07, 6.45) is 4.54. The molecule has 1 aliphatic rings. The highest BCUT2D eigenvalue weighted by atomic mass is 16.3. The average molecular weight is 320 g/mol. The molecule has 1 heterocycles. The molecule has 5 heteroatoms. The van der Waals surface area contributed by atoms with Crippen molar-refractivity contribution in [3.05, 3.63) is 29.3 Å². The van der Waals surface area contributed by atoms with Crippen LogP contribution in [0.25, 0.3) is 0 Å².